The summed E-state index contributed by atoms with van der Waals surface area (Å²) in [5, 5.41) is 0. The Morgan fingerprint density at radius 2 is 2.17 bits per heavy atom. The zero-order valence-corrected chi connectivity index (χ0v) is 11.6. The van der Waals surface area contributed by atoms with Gasteiger partial charge in [0.2, 0.25) is 0 Å². The van der Waals surface area contributed by atoms with E-state index in [1.54, 1.807) is 7.11 Å². The van der Waals surface area contributed by atoms with Crippen molar-refractivity contribution in [3.05, 3.63) is 29.8 Å². The van der Waals surface area contributed by atoms with Gasteiger partial charge in [-0.05, 0) is 17.7 Å². The van der Waals surface area contributed by atoms with Crippen molar-refractivity contribution in [3.8, 4) is 5.75 Å². The van der Waals surface area contributed by atoms with E-state index in [-0.39, 0.29) is 11.7 Å². The van der Waals surface area contributed by atoms with Gasteiger partial charge in [0, 0.05) is 25.3 Å². The highest BCUT2D eigenvalue weighted by molar-refractivity contribution is 6.19. The maximum Gasteiger partial charge on any atom is 0.141 e. The van der Waals surface area contributed by atoms with Crippen LogP contribution < -0.4 is 4.74 Å². The van der Waals surface area contributed by atoms with Crippen LogP contribution >= 0.6 is 11.6 Å². The fourth-order valence-corrected chi connectivity index (χ4v) is 1.62. The van der Waals surface area contributed by atoms with Gasteiger partial charge in [-0.25, -0.2) is 0 Å². The van der Waals surface area contributed by atoms with Gasteiger partial charge in [0.05, 0.1) is 6.61 Å². The lowest BCUT2D eigenvalue weighted by molar-refractivity contribution is -0.121. The van der Waals surface area contributed by atoms with Crippen LogP contribution in [0.5, 0.6) is 5.75 Å². The van der Waals surface area contributed by atoms with Crippen molar-refractivity contribution in [3.63, 3.8) is 0 Å². The summed E-state index contributed by atoms with van der Waals surface area (Å²) in [5.41, 5.74) is 0.951. The standard InChI is InChI=1S/C14H19ClO3/c1-11(10-15)14(16)9-12-4-3-5-13(8-12)18-7-6-17-2/h3-5,8,11H,6-7,9-10H2,1-2H3. The van der Waals surface area contributed by atoms with Crippen LogP contribution in [0.1, 0.15) is 12.5 Å². The first-order valence-electron chi connectivity index (χ1n) is 5.96. The molecule has 0 aliphatic rings. The summed E-state index contributed by atoms with van der Waals surface area (Å²) in [6.07, 6.45) is 0.398. The van der Waals surface area contributed by atoms with E-state index in [4.69, 9.17) is 21.1 Å². The Morgan fingerprint density at radius 1 is 1.39 bits per heavy atom. The van der Waals surface area contributed by atoms with Crippen LogP contribution in [0.15, 0.2) is 24.3 Å². The van der Waals surface area contributed by atoms with Crippen LogP contribution in [0.2, 0.25) is 0 Å². The van der Waals surface area contributed by atoms with Crippen molar-refractivity contribution in [1.29, 1.82) is 0 Å². The summed E-state index contributed by atoms with van der Waals surface area (Å²) < 4.78 is 10.4. The predicted octanol–water partition coefficient (Wildman–Crippen LogP) is 2.70. The number of benzene rings is 1. The molecule has 0 aliphatic carbocycles. The first-order chi connectivity index (χ1) is 8.67. The molecule has 18 heavy (non-hydrogen) atoms. The SMILES string of the molecule is COCCOc1cccc(CC(=O)C(C)CCl)c1. The molecule has 0 saturated carbocycles. The lowest BCUT2D eigenvalue weighted by Gasteiger charge is -2.09. The number of halogens is 1. The number of hydrogen-bond acceptors (Lipinski definition) is 3. The van der Waals surface area contributed by atoms with Crippen molar-refractivity contribution < 1.29 is 14.3 Å². The van der Waals surface area contributed by atoms with Crippen molar-refractivity contribution in [2.75, 3.05) is 26.2 Å². The van der Waals surface area contributed by atoms with Gasteiger partial charge in [-0.3, -0.25) is 4.79 Å². The molecule has 0 bridgehead atoms. The van der Waals surface area contributed by atoms with E-state index in [0.717, 1.165) is 11.3 Å². The van der Waals surface area contributed by atoms with Crippen LogP contribution in [-0.2, 0) is 16.0 Å². The van der Waals surface area contributed by atoms with Crippen molar-refractivity contribution >= 4 is 17.4 Å². The van der Waals surface area contributed by atoms with E-state index >= 15 is 0 Å². The Bertz CT molecular complexity index is 379. The van der Waals surface area contributed by atoms with Crippen molar-refractivity contribution in [1.82, 2.24) is 0 Å². The van der Waals surface area contributed by atoms with Gasteiger partial charge >= 0.3 is 0 Å². The Balaban J connectivity index is 2.56. The number of carbonyl (C=O) groups is 1. The first kappa shape index (κ1) is 15.0. The number of carbonyl (C=O) groups excluding carboxylic acids is 1. The van der Waals surface area contributed by atoms with E-state index in [0.29, 0.717) is 25.5 Å². The van der Waals surface area contributed by atoms with Crippen LogP contribution in [0.4, 0.5) is 0 Å². The molecular weight excluding hydrogens is 252 g/mol. The minimum Gasteiger partial charge on any atom is -0.491 e. The molecule has 1 aromatic rings. The molecular formula is C14H19ClO3. The molecule has 1 atom stereocenters. The summed E-state index contributed by atoms with van der Waals surface area (Å²) in [6, 6.07) is 7.56. The predicted molar refractivity (Wildman–Crippen MR) is 72.4 cm³/mol. The molecule has 1 rings (SSSR count). The van der Waals surface area contributed by atoms with Gasteiger partial charge in [-0.2, -0.15) is 0 Å². The largest absolute Gasteiger partial charge is 0.491 e. The van der Waals surface area contributed by atoms with E-state index in [1.165, 1.54) is 0 Å². The Kier molecular flexibility index (Phi) is 6.76. The third-order valence-electron chi connectivity index (χ3n) is 2.61. The van der Waals surface area contributed by atoms with E-state index < -0.39 is 0 Å². The highest BCUT2D eigenvalue weighted by Crippen LogP contribution is 2.15. The van der Waals surface area contributed by atoms with Gasteiger partial charge < -0.3 is 9.47 Å². The molecule has 0 heterocycles. The van der Waals surface area contributed by atoms with E-state index in [9.17, 15) is 4.79 Å². The highest BCUT2D eigenvalue weighted by atomic mass is 35.5. The van der Waals surface area contributed by atoms with Gasteiger partial charge in [0.1, 0.15) is 18.1 Å². The molecule has 4 heteroatoms. The van der Waals surface area contributed by atoms with Gasteiger partial charge in [-0.1, -0.05) is 19.1 Å². The monoisotopic (exact) mass is 270 g/mol. The second-order valence-electron chi connectivity index (χ2n) is 4.19. The van der Waals surface area contributed by atoms with Crippen molar-refractivity contribution in [2.24, 2.45) is 5.92 Å². The third kappa shape index (κ3) is 5.07. The van der Waals surface area contributed by atoms with Crippen LogP contribution in [0.3, 0.4) is 0 Å². The fraction of sp³-hybridized carbons (Fsp3) is 0.500. The van der Waals surface area contributed by atoms with Crippen LogP contribution in [0.25, 0.3) is 0 Å². The zero-order chi connectivity index (χ0) is 13.4. The van der Waals surface area contributed by atoms with Crippen molar-refractivity contribution in [2.45, 2.75) is 13.3 Å². The molecule has 0 aliphatic heterocycles. The van der Waals surface area contributed by atoms with E-state index in [1.807, 2.05) is 31.2 Å². The molecule has 0 N–H and O–H groups in total. The second kappa shape index (κ2) is 8.11. The van der Waals surface area contributed by atoms with Gasteiger partial charge in [0.15, 0.2) is 0 Å². The highest BCUT2D eigenvalue weighted by Gasteiger charge is 2.12. The normalized spacial score (nSPS) is 12.2. The molecule has 1 aromatic carbocycles. The molecule has 0 saturated heterocycles. The molecule has 3 nitrogen and oxygen atoms in total. The topological polar surface area (TPSA) is 35.5 Å². The number of methoxy groups -OCH3 is 1. The minimum atomic E-state index is -0.107. The molecule has 0 spiro atoms. The number of alkyl halides is 1. The summed E-state index contributed by atoms with van der Waals surface area (Å²) in [5.74, 6) is 1.17. The Hall–Kier alpha value is -1.06. The maximum absolute atomic E-state index is 11.8. The molecule has 0 fully saturated rings. The van der Waals surface area contributed by atoms with Gasteiger partial charge in [-0.15, -0.1) is 11.6 Å². The fourth-order valence-electron chi connectivity index (χ4n) is 1.45. The Morgan fingerprint density at radius 3 is 2.83 bits per heavy atom. The molecule has 1 unspecified atom stereocenters. The van der Waals surface area contributed by atoms with Crippen LogP contribution in [0, 0.1) is 5.92 Å². The first-order valence-corrected chi connectivity index (χ1v) is 6.50. The average Bonchev–Trinajstić information content (AvgIpc) is 2.38. The molecule has 100 valence electrons. The smallest absolute Gasteiger partial charge is 0.141 e. The summed E-state index contributed by atoms with van der Waals surface area (Å²) in [6.45, 7) is 2.90. The van der Waals surface area contributed by atoms with Gasteiger partial charge in [0.25, 0.3) is 0 Å². The number of ether oxygens (including phenoxy) is 2. The quantitative estimate of drug-likeness (QED) is 0.538. The second-order valence-corrected chi connectivity index (χ2v) is 4.50. The number of ketones is 1. The number of rotatable bonds is 8. The zero-order valence-electron chi connectivity index (χ0n) is 10.8. The summed E-state index contributed by atoms with van der Waals surface area (Å²) in [7, 11) is 1.63. The molecule has 0 aromatic heterocycles. The maximum atomic E-state index is 11.8. The number of hydrogen-bond donors (Lipinski definition) is 0. The lowest BCUT2D eigenvalue weighted by atomic mass is 10.0. The summed E-state index contributed by atoms with van der Waals surface area (Å²) >= 11 is 5.67. The average molecular weight is 271 g/mol. The number of Topliss-reactive ketones (excluding diaryl/α,β-unsaturated/α-hetero) is 1. The van der Waals surface area contributed by atoms with E-state index in [2.05, 4.69) is 0 Å². The molecule has 0 amide bonds. The lowest BCUT2D eigenvalue weighted by Crippen LogP contribution is -2.15. The molecule has 0 radical (unpaired) electrons. The third-order valence-corrected chi connectivity index (χ3v) is 3.08. The van der Waals surface area contributed by atoms with Crippen LogP contribution in [-0.4, -0.2) is 32.0 Å². The Labute approximate surface area is 113 Å². The summed E-state index contributed by atoms with van der Waals surface area (Å²) in [4.78, 5) is 11.8. The minimum absolute atomic E-state index is 0.107.